The molecular weight excluding hydrogens is 504 g/mol. The molecule has 11 heteroatoms. The van der Waals surface area contributed by atoms with Crippen molar-refractivity contribution in [3.8, 4) is 0 Å². The molecule has 2 heterocycles. The van der Waals surface area contributed by atoms with Gasteiger partial charge in [-0.25, -0.2) is 22.6 Å². The summed E-state index contributed by atoms with van der Waals surface area (Å²) in [5.74, 6) is -0.359. The van der Waals surface area contributed by atoms with Crippen LogP contribution in [0.3, 0.4) is 0 Å². The monoisotopic (exact) mass is 528 g/mol. The largest absolute Gasteiger partial charge is 0.443 e. The van der Waals surface area contributed by atoms with E-state index in [0.717, 1.165) is 14.4 Å². The van der Waals surface area contributed by atoms with Crippen LogP contribution in [0.25, 0.3) is 15.7 Å². The second kappa shape index (κ2) is 9.58. The Hall–Kier alpha value is -3.39. The molecule has 2 aromatic carbocycles. The van der Waals surface area contributed by atoms with E-state index in [9.17, 15) is 18.0 Å². The molecule has 0 atom stereocenters. The molecule has 1 aromatic heterocycles. The minimum atomic E-state index is -4.23. The zero-order valence-corrected chi connectivity index (χ0v) is 21.6. The average Bonchev–Trinajstić information content (AvgIpc) is 3.19. The van der Waals surface area contributed by atoms with E-state index in [2.05, 4.69) is 4.85 Å². The van der Waals surface area contributed by atoms with Crippen molar-refractivity contribution >= 4 is 50.2 Å². The number of hydrogen-bond donors (Lipinski definition) is 0. The van der Waals surface area contributed by atoms with Gasteiger partial charge in [0, 0.05) is 30.0 Å². The molecule has 0 unspecified atom stereocenters. The van der Waals surface area contributed by atoms with Crippen LogP contribution >= 0.6 is 11.6 Å². The van der Waals surface area contributed by atoms with Crippen molar-refractivity contribution in [2.24, 2.45) is 0 Å². The van der Waals surface area contributed by atoms with Gasteiger partial charge in [0.2, 0.25) is 5.91 Å². The molecule has 1 fully saturated rings. The maximum atomic E-state index is 13.7. The lowest BCUT2D eigenvalue weighted by Gasteiger charge is -2.33. The van der Waals surface area contributed by atoms with Gasteiger partial charge in [0.1, 0.15) is 5.60 Å². The average molecular weight is 529 g/mol. The number of ether oxygens (including phenoxy) is 1. The van der Waals surface area contributed by atoms with E-state index in [4.69, 9.17) is 22.9 Å². The molecule has 9 nitrogen and oxygen atoms in total. The fourth-order valence-electron chi connectivity index (χ4n) is 3.93. The second-order valence-corrected chi connectivity index (χ2v) is 11.8. The van der Waals surface area contributed by atoms with Crippen LogP contribution in [0.15, 0.2) is 53.6 Å². The van der Waals surface area contributed by atoms with Crippen molar-refractivity contribution in [1.82, 2.24) is 13.8 Å². The van der Waals surface area contributed by atoms with Gasteiger partial charge in [0.25, 0.3) is 10.0 Å². The number of fused-ring (bicyclic) bond motifs is 1. The zero-order chi connectivity index (χ0) is 26.3. The Morgan fingerprint density at radius 2 is 1.81 bits per heavy atom. The third kappa shape index (κ3) is 5.23. The molecule has 3 aromatic rings. The predicted molar refractivity (Wildman–Crippen MR) is 135 cm³/mol. The third-order valence-electron chi connectivity index (χ3n) is 5.63. The van der Waals surface area contributed by atoms with E-state index in [-0.39, 0.29) is 30.6 Å². The maximum Gasteiger partial charge on any atom is 0.420 e. The number of nitrogens with zero attached hydrogens (tertiary/aromatic N) is 4. The van der Waals surface area contributed by atoms with E-state index in [1.807, 2.05) is 0 Å². The summed E-state index contributed by atoms with van der Waals surface area (Å²) in [4.78, 5) is 30.9. The van der Waals surface area contributed by atoms with Crippen molar-refractivity contribution in [2.75, 3.05) is 19.6 Å². The fourth-order valence-corrected chi connectivity index (χ4v) is 5.66. The van der Waals surface area contributed by atoms with Crippen molar-refractivity contribution in [3.05, 3.63) is 70.5 Å². The van der Waals surface area contributed by atoms with Crippen LogP contribution < -0.4 is 0 Å². The van der Waals surface area contributed by atoms with E-state index in [1.165, 1.54) is 6.07 Å². The van der Waals surface area contributed by atoms with Crippen molar-refractivity contribution in [3.63, 3.8) is 0 Å². The molecule has 1 saturated heterocycles. The first-order valence-electron chi connectivity index (χ1n) is 11.2. The van der Waals surface area contributed by atoms with Gasteiger partial charge >= 0.3 is 6.09 Å². The van der Waals surface area contributed by atoms with Gasteiger partial charge in [-0.3, -0.25) is 4.79 Å². The van der Waals surface area contributed by atoms with Crippen LogP contribution in [0, 0.1) is 6.57 Å². The van der Waals surface area contributed by atoms with E-state index < -0.39 is 21.7 Å². The molecule has 0 aliphatic carbocycles. The minimum absolute atomic E-state index is 0.0603. The molecule has 1 amide bonds. The van der Waals surface area contributed by atoms with Crippen LogP contribution in [0.4, 0.5) is 10.5 Å². The quantitative estimate of drug-likeness (QED) is 0.459. The van der Waals surface area contributed by atoms with Gasteiger partial charge in [-0.05, 0) is 50.6 Å². The van der Waals surface area contributed by atoms with Gasteiger partial charge in [-0.15, -0.1) is 0 Å². The summed E-state index contributed by atoms with van der Waals surface area (Å²) >= 11 is 6.10. The molecule has 0 saturated carbocycles. The summed E-state index contributed by atoms with van der Waals surface area (Å²) in [7, 11) is -4.23. The lowest BCUT2D eigenvalue weighted by molar-refractivity contribution is -0.134. The van der Waals surface area contributed by atoms with Gasteiger partial charge in [0.15, 0.2) is 10.7 Å². The lowest BCUT2D eigenvalue weighted by Crippen LogP contribution is -2.52. The molecule has 0 spiro atoms. The maximum absolute atomic E-state index is 13.7. The highest BCUT2D eigenvalue weighted by Crippen LogP contribution is 2.30. The van der Waals surface area contributed by atoms with E-state index in [1.54, 1.807) is 68.1 Å². The highest BCUT2D eigenvalue weighted by Gasteiger charge is 2.37. The van der Waals surface area contributed by atoms with Crippen molar-refractivity contribution in [2.45, 2.75) is 37.9 Å². The predicted octanol–water partition coefficient (Wildman–Crippen LogP) is 4.66. The Bertz CT molecular complexity index is 1480. The molecule has 4 rings (SSSR count). The van der Waals surface area contributed by atoms with E-state index >= 15 is 0 Å². The lowest BCUT2D eigenvalue weighted by atomic mass is 10.2. The Morgan fingerprint density at radius 1 is 1.11 bits per heavy atom. The number of piperazine rings is 1. The number of amides is 1. The second-order valence-electron chi connectivity index (χ2n) is 9.43. The normalized spacial score (nSPS) is 15.2. The molecule has 0 bridgehead atoms. The number of carbonyl (C=O) groups is 2. The minimum Gasteiger partial charge on any atom is -0.443 e. The number of rotatable bonds is 4. The Kier molecular flexibility index (Phi) is 6.84. The Morgan fingerprint density at radius 3 is 2.42 bits per heavy atom. The smallest absolute Gasteiger partial charge is 0.420 e. The Labute approximate surface area is 214 Å². The molecular formula is C25H25ClN4O5S. The first kappa shape index (κ1) is 25.7. The van der Waals surface area contributed by atoms with Crippen LogP contribution in [0.1, 0.15) is 26.3 Å². The highest BCUT2D eigenvalue weighted by atomic mass is 35.5. The molecule has 36 heavy (non-hydrogen) atoms. The van der Waals surface area contributed by atoms with Gasteiger partial charge in [-0.1, -0.05) is 35.9 Å². The third-order valence-corrected chi connectivity index (χ3v) is 7.69. The summed E-state index contributed by atoms with van der Waals surface area (Å²) in [5, 5.41) is 0.561. The van der Waals surface area contributed by atoms with Crippen molar-refractivity contribution in [1.29, 1.82) is 0 Å². The van der Waals surface area contributed by atoms with Crippen LogP contribution in [-0.2, 0) is 26.1 Å². The molecule has 1 aliphatic heterocycles. The molecule has 1 aliphatic rings. The number of benzene rings is 2. The number of sulfonamides is 1. The summed E-state index contributed by atoms with van der Waals surface area (Å²) < 4.78 is 34.9. The van der Waals surface area contributed by atoms with Gasteiger partial charge in [0.05, 0.1) is 18.6 Å². The number of hydrogen-bond acceptors (Lipinski definition) is 5. The number of aromatic nitrogens is 1. The van der Waals surface area contributed by atoms with Gasteiger partial charge < -0.3 is 9.64 Å². The van der Waals surface area contributed by atoms with Crippen molar-refractivity contribution < 1.29 is 22.7 Å². The standard InChI is InChI=1S/C25H25ClN4O5S/c1-25(2,3)35-24(32)30-21-10-7-19(26)13-18(21)14-23(30)36(33,34)29-12-11-28(22(31)16-29)15-17-5-8-20(27-4)9-6-17/h5-10,13-14H,11-12,15-16H2,1-3H3. The SMILES string of the molecule is [C-]#[N+]c1ccc(CN2CCN(S(=O)(=O)c3cc4cc(Cl)ccc4n3C(=O)OC(C)(C)C)CC2=O)cc1. The van der Waals surface area contributed by atoms with Gasteiger partial charge in [-0.2, -0.15) is 4.31 Å². The molecule has 188 valence electrons. The first-order valence-corrected chi connectivity index (χ1v) is 13.0. The Balaban J connectivity index is 1.62. The van der Waals surface area contributed by atoms with Crippen LogP contribution in [0.2, 0.25) is 5.02 Å². The molecule has 0 radical (unpaired) electrons. The molecule has 0 N–H and O–H groups in total. The van der Waals surface area contributed by atoms with Crippen LogP contribution in [0.5, 0.6) is 0 Å². The first-order chi connectivity index (χ1) is 16.9. The number of carbonyl (C=O) groups excluding carboxylic acids is 2. The summed E-state index contributed by atoms with van der Waals surface area (Å²) in [6.07, 6.45) is -0.841. The topological polar surface area (TPSA) is 93.3 Å². The highest BCUT2D eigenvalue weighted by molar-refractivity contribution is 7.89. The number of halogens is 1. The summed E-state index contributed by atoms with van der Waals surface area (Å²) in [5.41, 5.74) is 0.826. The fraction of sp³-hybridized carbons (Fsp3) is 0.320. The summed E-state index contributed by atoms with van der Waals surface area (Å²) in [6, 6.07) is 13.0. The van der Waals surface area contributed by atoms with E-state index in [0.29, 0.717) is 28.2 Å². The zero-order valence-electron chi connectivity index (χ0n) is 20.1. The van der Waals surface area contributed by atoms with Crippen LogP contribution in [-0.4, -0.2) is 59.4 Å². The summed E-state index contributed by atoms with van der Waals surface area (Å²) in [6.45, 7) is 12.3.